The molecule has 2 N–H and O–H groups in total. The maximum atomic E-state index is 13.2. The van der Waals surface area contributed by atoms with E-state index in [0.29, 0.717) is 22.6 Å². The first-order valence-corrected chi connectivity index (χ1v) is 13.0. The number of benzene rings is 3. The number of nitrogens with one attached hydrogen (secondary N) is 2. The second-order valence-corrected chi connectivity index (χ2v) is 9.32. The van der Waals surface area contributed by atoms with Gasteiger partial charge >= 0.3 is 0 Å². The Balaban J connectivity index is 1.25. The van der Waals surface area contributed by atoms with E-state index in [1.165, 1.54) is 0 Å². The monoisotopic (exact) mass is 533 g/mol. The summed E-state index contributed by atoms with van der Waals surface area (Å²) < 4.78 is 1.71. The van der Waals surface area contributed by atoms with E-state index < -0.39 is 5.91 Å². The summed E-state index contributed by atoms with van der Waals surface area (Å²) in [7, 11) is 0. The van der Waals surface area contributed by atoms with E-state index >= 15 is 0 Å². The lowest BCUT2D eigenvalue weighted by atomic mass is 10.2. The highest BCUT2D eigenvalue weighted by Crippen LogP contribution is 2.24. The molecule has 0 fully saturated rings. The minimum Gasteiger partial charge on any atom is -0.321 e. The Kier molecular flexibility index (Phi) is 8.15. The van der Waals surface area contributed by atoms with Crippen molar-refractivity contribution in [2.45, 2.75) is 10.6 Å². The van der Waals surface area contributed by atoms with Crippen molar-refractivity contribution < 1.29 is 9.59 Å². The van der Waals surface area contributed by atoms with Crippen LogP contribution in [0.1, 0.15) is 21.7 Å². The van der Waals surface area contributed by atoms with Gasteiger partial charge in [-0.3, -0.25) is 14.6 Å². The highest BCUT2D eigenvalue weighted by molar-refractivity contribution is 7.98. The average molecular weight is 534 g/mol. The Morgan fingerprint density at radius 1 is 0.872 bits per heavy atom. The van der Waals surface area contributed by atoms with Gasteiger partial charge in [0.25, 0.3) is 11.8 Å². The molecule has 2 heterocycles. The molecule has 3 aromatic carbocycles. The molecule has 0 spiro atoms. The third kappa shape index (κ3) is 6.82. The average Bonchev–Trinajstić information content (AvgIpc) is 3.46. The Hall–Kier alpha value is -5.09. The third-order valence-electron chi connectivity index (χ3n) is 5.54. The van der Waals surface area contributed by atoms with Gasteiger partial charge in [0, 0.05) is 28.5 Å². The lowest BCUT2D eigenvalue weighted by Crippen LogP contribution is -2.30. The van der Waals surface area contributed by atoms with E-state index in [0.717, 1.165) is 16.4 Å². The molecule has 0 bridgehead atoms. The molecule has 5 rings (SSSR count). The predicted molar refractivity (Wildman–Crippen MR) is 150 cm³/mol. The van der Waals surface area contributed by atoms with Gasteiger partial charge in [0.1, 0.15) is 5.70 Å². The maximum absolute atomic E-state index is 13.2. The van der Waals surface area contributed by atoms with Crippen molar-refractivity contribution in [3.05, 3.63) is 132 Å². The van der Waals surface area contributed by atoms with Gasteiger partial charge < -0.3 is 10.6 Å². The van der Waals surface area contributed by atoms with Crippen LogP contribution in [-0.4, -0.2) is 37.0 Å². The van der Waals surface area contributed by atoms with Gasteiger partial charge in [-0.2, -0.15) is 4.68 Å². The van der Waals surface area contributed by atoms with Crippen LogP contribution in [0.5, 0.6) is 0 Å². The largest absolute Gasteiger partial charge is 0.321 e. The summed E-state index contributed by atoms with van der Waals surface area (Å²) >= 11 is 1.58. The van der Waals surface area contributed by atoms with Crippen LogP contribution in [0.2, 0.25) is 0 Å². The number of hydrogen-bond acceptors (Lipinski definition) is 7. The lowest BCUT2D eigenvalue weighted by Gasteiger charge is -2.12. The molecular formula is C29H23N7O2S. The zero-order valence-electron chi connectivity index (χ0n) is 20.6. The van der Waals surface area contributed by atoms with Crippen molar-refractivity contribution in [2.75, 3.05) is 5.32 Å². The second-order valence-electron chi connectivity index (χ2n) is 8.27. The SMILES string of the molecule is O=C(Nc1ccc(SCc2nnnn2-c2ccccc2)cc1)/C(=C/c1cccnc1)NC(=O)c1ccccc1. The zero-order chi connectivity index (χ0) is 26.9. The summed E-state index contributed by atoms with van der Waals surface area (Å²) in [5.41, 5.74) is 2.71. The van der Waals surface area contributed by atoms with Gasteiger partial charge in [-0.25, -0.2) is 0 Å². The molecule has 192 valence electrons. The van der Waals surface area contributed by atoms with Gasteiger partial charge in [-0.05, 0) is 76.7 Å². The zero-order valence-corrected chi connectivity index (χ0v) is 21.5. The van der Waals surface area contributed by atoms with Crippen molar-refractivity contribution in [1.29, 1.82) is 0 Å². The van der Waals surface area contributed by atoms with E-state index in [4.69, 9.17) is 0 Å². The van der Waals surface area contributed by atoms with Gasteiger partial charge in [0.15, 0.2) is 5.82 Å². The van der Waals surface area contributed by atoms with E-state index in [1.54, 1.807) is 83.4 Å². The predicted octanol–water partition coefficient (Wildman–Crippen LogP) is 4.76. The Morgan fingerprint density at radius 2 is 1.62 bits per heavy atom. The van der Waals surface area contributed by atoms with Crippen LogP contribution < -0.4 is 10.6 Å². The number of carbonyl (C=O) groups excluding carboxylic acids is 2. The van der Waals surface area contributed by atoms with Crippen molar-refractivity contribution in [2.24, 2.45) is 0 Å². The molecular weight excluding hydrogens is 510 g/mol. The standard InChI is InChI=1S/C29H23N7O2S/c37-28(22-9-3-1-4-10-22)32-26(18-21-8-7-17-30-19-21)29(38)31-23-13-15-25(16-14-23)39-20-27-33-34-35-36(27)24-11-5-2-6-12-24/h1-19H,20H2,(H,31,38)(H,32,37)/b26-18-. The van der Waals surface area contributed by atoms with Crippen LogP contribution in [0.15, 0.2) is 120 Å². The smallest absolute Gasteiger partial charge is 0.272 e. The van der Waals surface area contributed by atoms with E-state index in [1.807, 2.05) is 48.5 Å². The fourth-order valence-electron chi connectivity index (χ4n) is 3.62. The number of para-hydroxylation sites is 1. The number of amides is 2. The molecule has 2 amide bonds. The van der Waals surface area contributed by atoms with E-state index in [9.17, 15) is 9.59 Å². The van der Waals surface area contributed by atoms with Crippen molar-refractivity contribution in [3.63, 3.8) is 0 Å². The number of hydrogen-bond donors (Lipinski definition) is 2. The van der Waals surface area contributed by atoms with E-state index in [-0.39, 0.29) is 11.6 Å². The molecule has 0 saturated carbocycles. The first kappa shape index (κ1) is 25.6. The Morgan fingerprint density at radius 3 is 2.33 bits per heavy atom. The quantitative estimate of drug-likeness (QED) is 0.207. The number of tetrazole rings is 1. The van der Waals surface area contributed by atoms with Crippen molar-refractivity contribution >= 4 is 35.3 Å². The third-order valence-corrected chi connectivity index (χ3v) is 6.55. The van der Waals surface area contributed by atoms with Crippen LogP contribution in [0.4, 0.5) is 5.69 Å². The van der Waals surface area contributed by atoms with Crippen LogP contribution in [-0.2, 0) is 10.5 Å². The summed E-state index contributed by atoms with van der Waals surface area (Å²) in [4.78, 5) is 31.0. The summed E-state index contributed by atoms with van der Waals surface area (Å²) in [6.45, 7) is 0. The van der Waals surface area contributed by atoms with Gasteiger partial charge in [-0.1, -0.05) is 42.5 Å². The van der Waals surface area contributed by atoms with Crippen LogP contribution in [0.25, 0.3) is 11.8 Å². The van der Waals surface area contributed by atoms with Crippen molar-refractivity contribution in [3.8, 4) is 5.69 Å². The number of thioether (sulfide) groups is 1. The van der Waals surface area contributed by atoms with Crippen LogP contribution in [0, 0.1) is 0 Å². The number of carbonyl (C=O) groups is 2. The normalized spacial score (nSPS) is 11.1. The maximum Gasteiger partial charge on any atom is 0.272 e. The topological polar surface area (TPSA) is 115 Å². The second kappa shape index (κ2) is 12.4. The molecule has 10 heteroatoms. The van der Waals surface area contributed by atoms with Crippen LogP contribution >= 0.6 is 11.8 Å². The summed E-state index contributed by atoms with van der Waals surface area (Å²) in [6, 6.07) is 29.4. The summed E-state index contributed by atoms with van der Waals surface area (Å²) in [6.07, 6.45) is 4.84. The fraction of sp³-hybridized carbons (Fsp3) is 0.0345. The number of rotatable bonds is 9. The molecule has 0 aliphatic carbocycles. The molecule has 5 aromatic rings. The highest BCUT2D eigenvalue weighted by atomic mass is 32.2. The molecule has 0 aliphatic heterocycles. The molecule has 0 atom stereocenters. The molecule has 0 unspecified atom stereocenters. The van der Waals surface area contributed by atoms with Crippen molar-refractivity contribution in [1.82, 2.24) is 30.5 Å². The fourth-order valence-corrected chi connectivity index (χ4v) is 4.42. The number of anilines is 1. The Labute approximate surface area is 229 Å². The number of nitrogens with zero attached hydrogens (tertiary/aromatic N) is 5. The number of aromatic nitrogens is 5. The molecule has 2 aromatic heterocycles. The molecule has 0 radical (unpaired) electrons. The summed E-state index contributed by atoms with van der Waals surface area (Å²) in [5, 5.41) is 17.6. The first-order valence-electron chi connectivity index (χ1n) is 12.0. The molecule has 9 nitrogen and oxygen atoms in total. The van der Waals surface area contributed by atoms with Gasteiger partial charge in [0.2, 0.25) is 0 Å². The van der Waals surface area contributed by atoms with E-state index in [2.05, 4.69) is 31.1 Å². The molecule has 0 saturated heterocycles. The molecule has 39 heavy (non-hydrogen) atoms. The van der Waals surface area contributed by atoms with Gasteiger partial charge in [0.05, 0.1) is 11.4 Å². The highest BCUT2D eigenvalue weighted by Gasteiger charge is 2.15. The minimum absolute atomic E-state index is 0.100. The van der Waals surface area contributed by atoms with Crippen LogP contribution in [0.3, 0.4) is 0 Å². The minimum atomic E-state index is -0.453. The lowest BCUT2D eigenvalue weighted by molar-refractivity contribution is -0.113. The number of pyridine rings is 1. The Bertz CT molecular complexity index is 1570. The molecule has 0 aliphatic rings. The summed E-state index contributed by atoms with van der Waals surface area (Å²) in [5.74, 6) is 0.455. The first-order chi connectivity index (χ1) is 19.2. The van der Waals surface area contributed by atoms with Gasteiger partial charge in [-0.15, -0.1) is 16.9 Å².